The Labute approximate surface area is 114 Å². The molecule has 0 aromatic heterocycles. The molecule has 0 aliphatic carbocycles. The minimum absolute atomic E-state index is 0.0367. The maximum atomic E-state index is 2.39. The Morgan fingerprint density at radius 3 is 1.94 bits per heavy atom. The van der Waals surface area contributed by atoms with Gasteiger partial charge in [0.05, 0.1) is 0 Å². The van der Waals surface area contributed by atoms with Crippen molar-refractivity contribution in [2.75, 3.05) is 12.3 Å². The van der Waals surface area contributed by atoms with Gasteiger partial charge in [-0.25, -0.2) is 0 Å². The molecule has 0 bridgehead atoms. The third-order valence-electron chi connectivity index (χ3n) is 2.84. The second-order valence-electron chi connectivity index (χ2n) is 5.89. The van der Waals surface area contributed by atoms with Crippen molar-refractivity contribution in [2.45, 2.75) is 34.6 Å². The maximum absolute atomic E-state index is 2.39. The first kappa shape index (κ1) is 15.4. The number of benzene rings is 1. The summed E-state index contributed by atoms with van der Waals surface area (Å²) in [6, 6.07) is 10.7. The summed E-state index contributed by atoms with van der Waals surface area (Å²) in [5, 5.41) is 1.60. The van der Waals surface area contributed by atoms with Gasteiger partial charge in [0.1, 0.15) is 0 Å². The van der Waals surface area contributed by atoms with Crippen LogP contribution in [0.5, 0.6) is 0 Å². The van der Waals surface area contributed by atoms with Gasteiger partial charge in [0.25, 0.3) is 0 Å². The highest BCUT2D eigenvalue weighted by Crippen LogP contribution is 2.48. The summed E-state index contributed by atoms with van der Waals surface area (Å²) in [6.45, 7) is 11.7. The van der Waals surface area contributed by atoms with Gasteiger partial charge < -0.3 is 0 Å². The number of rotatable bonds is 6. The van der Waals surface area contributed by atoms with Crippen LogP contribution in [-0.4, -0.2) is 12.3 Å². The topological polar surface area (TPSA) is 0 Å². The normalized spacial score (nSPS) is 12.8. The lowest BCUT2D eigenvalue weighted by atomic mass is 10.2. The molecule has 0 spiro atoms. The first-order valence-electron chi connectivity index (χ1n) is 6.97. The standard InChI is InChI=1S/C17H27P/c1-14(2)12-18(13-15(3)4)16(5)11-17-9-7-6-8-10-17/h6-11,14-15H,12-13H2,1-5H3/b16-11+. The smallest absolute Gasteiger partial charge is 0.0254 e. The highest BCUT2D eigenvalue weighted by atomic mass is 31.1. The first-order valence-corrected chi connectivity index (χ1v) is 8.68. The lowest BCUT2D eigenvalue weighted by Gasteiger charge is -2.22. The molecule has 0 aliphatic heterocycles. The van der Waals surface area contributed by atoms with E-state index in [2.05, 4.69) is 71.0 Å². The summed E-state index contributed by atoms with van der Waals surface area (Å²) in [6.07, 6.45) is 5.11. The molecular formula is C17H27P. The Balaban J connectivity index is 2.80. The van der Waals surface area contributed by atoms with Crippen molar-refractivity contribution < 1.29 is 0 Å². The van der Waals surface area contributed by atoms with Crippen LogP contribution in [0.3, 0.4) is 0 Å². The lowest BCUT2D eigenvalue weighted by molar-refractivity contribution is 0.720. The third-order valence-corrected chi connectivity index (χ3v) is 6.31. The summed E-state index contributed by atoms with van der Waals surface area (Å²) in [5.41, 5.74) is 1.34. The van der Waals surface area contributed by atoms with Gasteiger partial charge in [-0.3, -0.25) is 0 Å². The molecule has 0 radical (unpaired) electrons. The van der Waals surface area contributed by atoms with E-state index in [1.807, 2.05) is 0 Å². The number of allylic oxidation sites excluding steroid dienone is 1. The van der Waals surface area contributed by atoms with E-state index in [9.17, 15) is 0 Å². The van der Waals surface area contributed by atoms with Crippen LogP contribution in [0.2, 0.25) is 0 Å². The van der Waals surface area contributed by atoms with Gasteiger partial charge >= 0.3 is 0 Å². The molecule has 0 unspecified atom stereocenters. The van der Waals surface area contributed by atoms with Crippen molar-refractivity contribution >= 4 is 14.0 Å². The summed E-state index contributed by atoms with van der Waals surface area (Å²) >= 11 is 0. The Bertz CT molecular complexity index is 352. The molecule has 0 aliphatic rings. The van der Waals surface area contributed by atoms with Crippen molar-refractivity contribution in [3.05, 3.63) is 41.2 Å². The van der Waals surface area contributed by atoms with Gasteiger partial charge in [0.2, 0.25) is 0 Å². The van der Waals surface area contributed by atoms with Crippen molar-refractivity contribution in [3.8, 4) is 0 Å². The van der Waals surface area contributed by atoms with E-state index in [0.29, 0.717) is 0 Å². The van der Waals surface area contributed by atoms with Gasteiger partial charge in [-0.05, 0) is 42.0 Å². The van der Waals surface area contributed by atoms with Crippen molar-refractivity contribution in [1.29, 1.82) is 0 Å². The second-order valence-corrected chi connectivity index (χ2v) is 8.40. The molecule has 0 nitrogen and oxygen atoms in total. The predicted octanol–water partition coefficient (Wildman–Crippen LogP) is 5.84. The van der Waals surface area contributed by atoms with E-state index in [-0.39, 0.29) is 7.92 Å². The third kappa shape index (κ3) is 5.83. The molecule has 0 saturated heterocycles. The molecule has 0 saturated carbocycles. The number of hydrogen-bond donors (Lipinski definition) is 0. The van der Waals surface area contributed by atoms with Gasteiger partial charge in [-0.2, -0.15) is 0 Å². The van der Waals surface area contributed by atoms with Crippen LogP contribution in [0.1, 0.15) is 40.2 Å². The Morgan fingerprint density at radius 1 is 1.00 bits per heavy atom. The molecule has 0 N–H and O–H groups in total. The molecule has 1 heteroatoms. The van der Waals surface area contributed by atoms with Crippen molar-refractivity contribution in [3.63, 3.8) is 0 Å². The van der Waals surface area contributed by atoms with Gasteiger partial charge in [-0.15, -0.1) is 0 Å². The largest absolute Gasteiger partial charge is 0.0795 e. The highest BCUT2D eigenvalue weighted by Gasteiger charge is 2.13. The lowest BCUT2D eigenvalue weighted by Crippen LogP contribution is -2.03. The summed E-state index contributed by atoms with van der Waals surface area (Å²) in [5.74, 6) is 1.60. The first-order chi connectivity index (χ1) is 8.49. The molecule has 18 heavy (non-hydrogen) atoms. The van der Waals surface area contributed by atoms with Crippen LogP contribution in [0, 0.1) is 11.8 Å². The quantitative estimate of drug-likeness (QED) is 0.565. The zero-order valence-corrected chi connectivity index (χ0v) is 13.4. The fourth-order valence-corrected chi connectivity index (χ4v) is 4.95. The maximum Gasteiger partial charge on any atom is -0.0254 e. The minimum atomic E-state index is 0.0367. The molecule has 0 amide bonds. The van der Waals surface area contributed by atoms with E-state index in [4.69, 9.17) is 0 Å². The predicted molar refractivity (Wildman–Crippen MR) is 86.4 cm³/mol. The Kier molecular flexibility index (Phi) is 6.65. The van der Waals surface area contributed by atoms with Crippen LogP contribution in [0.4, 0.5) is 0 Å². The highest BCUT2D eigenvalue weighted by molar-refractivity contribution is 7.62. The van der Waals surface area contributed by atoms with E-state index in [0.717, 1.165) is 11.8 Å². The van der Waals surface area contributed by atoms with Crippen LogP contribution in [0.15, 0.2) is 35.6 Å². The molecule has 0 fully saturated rings. The fourth-order valence-electron chi connectivity index (χ4n) is 2.13. The van der Waals surface area contributed by atoms with Gasteiger partial charge in [0, 0.05) is 0 Å². The van der Waals surface area contributed by atoms with Crippen LogP contribution >= 0.6 is 7.92 Å². The van der Waals surface area contributed by atoms with Gasteiger partial charge in [0.15, 0.2) is 0 Å². The minimum Gasteiger partial charge on any atom is -0.0795 e. The van der Waals surface area contributed by atoms with Crippen LogP contribution < -0.4 is 0 Å². The zero-order valence-electron chi connectivity index (χ0n) is 12.5. The Hall–Kier alpha value is -0.610. The Morgan fingerprint density at radius 2 is 1.50 bits per heavy atom. The van der Waals surface area contributed by atoms with E-state index >= 15 is 0 Å². The molecule has 1 aromatic carbocycles. The van der Waals surface area contributed by atoms with Crippen LogP contribution in [-0.2, 0) is 0 Å². The molecule has 100 valence electrons. The van der Waals surface area contributed by atoms with Crippen LogP contribution in [0.25, 0.3) is 6.08 Å². The van der Waals surface area contributed by atoms with Crippen molar-refractivity contribution in [2.24, 2.45) is 11.8 Å². The van der Waals surface area contributed by atoms with E-state index in [1.54, 1.807) is 5.31 Å². The van der Waals surface area contributed by atoms with Crippen molar-refractivity contribution in [1.82, 2.24) is 0 Å². The molecule has 1 rings (SSSR count). The molecule has 0 atom stereocenters. The monoisotopic (exact) mass is 262 g/mol. The van der Waals surface area contributed by atoms with E-state index < -0.39 is 0 Å². The van der Waals surface area contributed by atoms with Gasteiger partial charge in [-0.1, -0.05) is 72.0 Å². The second kappa shape index (κ2) is 7.74. The molecule has 1 aromatic rings. The fraction of sp³-hybridized carbons (Fsp3) is 0.529. The average molecular weight is 262 g/mol. The molecular weight excluding hydrogens is 235 g/mol. The number of hydrogen-bond acceptors (Lipinski definition) is 0. The summed E-state index contributed by atoms with van der Waals surface area (Å²) in [4.78, 5) is 0. The molecule has 0 heterocycles. The average Bonchev–Trinajstić information content (AvgIpc) is 2.28. The summed E-state index contributed by atoms with van der Waals surface area (Å²) < 4.78 is 0. The SMILES string of the molecule is C/C(=C\c1ccccc1)P(CC(C)C)CC(C)C. The van der Waals surface area contributed by atoms with E-state index in [1.165, 1.54) is 17.9 Å². The zero-order chi connectivity index (χ0) is 13.5. The summed E-state index contributed by atoms with van der Waals surface area (Å²) in [7, 11) is 0.0367.